The minimum atomic E-state index is -0.338. The Morgan fingerprint density at radius 2 is 1.85 bits per heavy atom. The van der Waals surface area contributed by atoms with Crippen LogP contribution in [0.4, 0.5) is 0 Å². The quantitative estimate of drug-likeness (QED) is 0.767. The molecule has 3 aromatic rings. The Morgan fingerprint density at radius 3 is 2.65 bits per heavy atom. The summed E-state index contributed by atoms with van der Waals surface area (Å²) < 4.78 is 5.68. The van der Waals surface area contributed by atoms with Crippen molar-refractivity contribution in [3.8, 4) is 11.5 Å². The average molecular weight is 267 g/mol. The number of ether oxygens (including phenoxy) is 1. The van der Waals surface area contributed by atoms with Gasteiger partial charge in [-0.3, -0.25) is 4.79 Å². The number of nitrogens with one attached hydrogen (secondary N) is 1. The van der Waals surface area contributed by atoms with Gasteiger partial charge in [0.05, 0.1) is 5.52 Å². The number of hydrogen-bond donors (Lipinski definition) is 2. The highest BCUT2D eigenvalue weighted by molar-refractivity contribution is 5.85. The summed E-state index contributed by atoms with van der Waals surface area (Å²) in [5, 5.41) is 10.3. The summed E-state index contributed by atoms with van der Waals surface area (Å²) in [7, 11) is 0. The molecule has 0 aliphatic carbocycles. The molecule has 0 unspecified atom stereocenters. The highest BCUT2D eigenvalue weighted by atomic mass is 16.5. The van der Waals surface area contributed by atoms with Gasteiger partial charge in [0, 0.05) is 17.5 Å². The molecule has 1 aromatic heterocycles. The fraction of sp³-hybridized carbons (Fsp3) is 0.0625. The molecule has 2 aromatic carbocycles. The van der Waals surface area contributed by atoms with Crippen molar-refractivity contribution in [1.82, 2.24) is 4.98 Å². The molecule has 20 heavy (non-hydrogen) atoms. The number of benzene rings is 2. The van der Waals surface area contributed by atoms with Crippen LogP contribution in [0.5, 0.6) is 11.5 Å². The zero-order valence-electron chi connectivity index (χ0n) is 10.7. The van der Waals surface area contributed by atoms with E-state index in [2.05, 4.69) is 4.98 Å². The lowest BCUT2D eigenvalue weighted by atomic mass is 10.2. The van der Waals surface area contributed by atoms with Crippen molar-refractivity contribution in [3.05, 3.63) is 70.5 Å². The Balaban J connectivity index is 1.88. The average Bonchev–Trinajstić information content (AvgIpc) is 2.45. The van der Waals surface area contributed by atoms with Crippen LogP contribution in [0.1, 0.15) is 5.56 Å². The maximum Gasteiger partial charge on any atom is 0.252 e. The van der Waals surface area contributed by atoms with Gasteiger partial charge in [0.25, 0.3) is 5.56 Å². The molecule has 0 bridgehead atoms. The number of H-pyrrole nitrogens is 1. The number of aromatic hydroxyl groups is 1. The molecule has 100 valence electrons. The van der Waals surface area contributed by atoms with E-state index in [1.807, 2.05) is 30.3 Å². The van der Waals surface area contributed by atoms with Crippen LogP contribution in [0.15, 0.2) is 59.4 Å². The Hall–Kier alpha value is -2.75. The molecular weight excluding hydrogens is 254 g/mol. The number of hydrogen-bond acceptors (Lipinski definition) is 3. The zero-order chi connectivity index (χ0) is 13.9. The van der Waals surface area contributed by atoms with Gasteiger partial charge in [-0.05, 0) is 17.7 Å². The van der Waals surface area contributed by atoms with E-state index in [9.17, 15) is 9.90 Å². The van der Waals surface area contributed by atoms with Crippen molar-refractivity contribution in [1.29, 1.82) is 0 Å². The lowest BCUT2D eigenvalue weighted by molar-refractivity contribution is 0.306. The van der Waals surface area contributed by atoms with E-state index >= 15 is 0 Å². The van der Waals surface area contributed by atoms with Gasteiger partial charge in [-0.25, -0.2) is 0 Å². The number of rotatable bonds is 3. The standard InChI is InChI=1S/C16H13NO3/c18-15-9-16(19)17-14-8-12(6-7-13(14)15)20-10-11-4-2-1-3-5-11/h1-9H,10H2,(H2,17,18,19). The molecule has 2 N–H and O–H groups in total. The number of aromatic nitrogens is 1. The predicted octanol–water partition coefficient (Wildman–Crippen LogP) is 2.81. The molecule has 4 nitrogen and oxygen atoms in total. The largest absolute Gasteiger partial charge is 0.507 e. The van der Waals surface area contributed by atoms with Crippen LogP contribution in [0.25, 0.3) is 10.9 Å². The second kappa shape index (κ2) is 5.09. The first kappa shape index (κ1) is 12.3. The Labute approximate surface area is 115 Å². The van der Waals surface area contributed by atoms with Crippen LogP contribution < -0.4 is 10.3 Å². The van der Waals surface area contributed by atoms with E-state index in [0.29, 0.717) is 23.3 Å². The van der Waals surface area contributed by atoms with Gasteiger partial charge in [-0.1, -0.05) is 30.3 Å². The monoisotopic (exact) mass is 267 g/mol. The number of fused-ring (bicyclic) bond motifs is 1. The molecule has 0 amide bonds. The molecule has 0 atom stereocenters. The molecule has 0 fully saturated rings. The summed E-state index contributed by atoms with van der Waals surface area (Å²) in [5.74, 6) is 0.612. The number of pyridine rings is 1. The van der Waals surface area contributed by atoms with Crippen molar-refractivity contribution in [2.75, 3.05) is 0 Å². The lowest BCUT2D eigenvalue weighted by Crippen LogP contribution is -2.03. The third-order valence-electron chi connectivity index (χ3n) is 3.04. The minimum absolute atomic E-state index is 0.0293. The van der Waals surface area contributed by atoms with Gasteiger partial charge in [0.15, 0.2) is 0 Å². The van der Waals surface area contributed by atoms with Crippen LogP contribution in [0.3, 0.4) is 0 Å². The first-order valence-corrected chi connectivity index (χ1v) is 6.25. The minimum Gasteiger partial charge on any atom is -0.507 e. The van der Waals surface area contributed by atoms with Crippen LogP contribution in [0, 0.1) is 0 Å². The van der Waals surface area contributed by atoms with E-state index in [4.69, 9.17) is 4.74 Å². The lowest BCUT2D eigenvalue weighted by Gasteiger charge is -2.08. The summed E-state index contributed by atoms with van der Waals surface area (Å²) in [6, 6.07) is 16.2. The van der Waals surface area contributed by atoms with Crippen LogP contribution in [0.2, 0.25) is 0 Å². The molecule has 3 rings (SSSR count). The summed E-state index contributed by atoms with van der Waals surface area (Å²) >= 11 is 0. The predicted molar refractivity (Wildman–Crippen MR) is 77.0 cm³/mol. The molecule has 0 spiro atoms. The summed E-state index contributed by atoms with van der Waals surface area (Å²) in [6.45, 7) is 0.454. The maximum atomic E-state index is 11.3. The Kier molecular flexibility index (Phi) is 3.13. The second-order valence-electron chi connectivity index (χ2n) is 4.50. The van der Waals surface area contributed by atoms with E-state index in [0.717, 1.165) is 11.6 Å². The highest BCUT2D eigenvalue weighted by Gasteiger charge is 2.04. The van der Waals surface area contributed by atoms with E-state index in [1.54, 1.807) is 18.2 Å². The first-order chi connectivity index (χ1) is 9.72. The second-order valence-corrected chi connectivity index (χ2v) is 4.50. The topological polar surface area (TPSA) is 62.3 Å². The van der Waals surface area contributed by atoms with Gasteiger partial charge in [-0.15, -0.1) is 0 Å². The molecule has 4 heteroatoms. The van der Waals surface area contributed by atoms with Crippen molar-refractivity contribution in [3.63, 3.8) is 0 Å². The SMILES string of the molecule is O=c1cc(O)c2ccc(OCc3ccccc3)cc2[nH]1. The third-order valence-corrected chi connectivity index (χ3v) is 3.04. The third kappa shape index (κ3) is 2.49. The molecule has 0 radical (unpaired) electrons. The smallest absolute Gasteiger partial charge is 0.252 e. The van der Waals surface area contributed by atoms with E-state index in [1.165, 1.54) is 0 Å². The normalized spacial score (nSPS) is 10.6. The Bertz CT molecular complexity index is 794. The fourth-order valence-electron chi connectivity index (χ4n) is 2.05. The van der Waals surface area contributed by atoms with Crippen LogP contribution in [-0.2, 0) is 6.61 Å². The van der Waals surface area contributed by atoms with Crippen molar-refractivity contribution >= 4 is 10.9 Å². The molecule has 0 saturated heterocycles. The molecule has 0 saturated carbocycles. The highest BCUT2D eigenvalue weighted by Crippen LogP contribution is 2.25. The molecule has 1 heterocycles. The molecular formula is C16H13NO3. The molecule has 0 aliphatic heterocycles. The first-order valence-electron chi connectivity index (χ1n) is 6.25. The van der Waals surface area contributed by atoms with Gasteiger partial charge < -0.3 is 14.8 Å². The summed E-state index contributed by atoms with van der Waals surface area (Å²) in [6.07, 6.45) is 0. The van der Waals surface area contributed by atoms with Crippen LogP contribution >= 0.6 is 0 Å². The van der Waals surface area contributed by atoms with Crippen LogP contribution in [-0.4, -0.2) is 10.1 Å². The van der Waals surface area contributed by atoms with Gasteiger partial charge in [-0.2, -0.15) is 0 Å². The van der Waals surface area contributed by atoms with Crippen molar-refractivity contribution in [2.45, 2.75) is 6.61 Å². The molecule has 0 aliphatic rings. The summed E-state index contributed by atoms with van der Waals surface area (Å²) in [5.41, 5.74) is 1.28. The van der Waals surface area contributed by atoms with Gasteiger partial charge in [0.1, 0.15) is 18.1 Å². The zero-order valence-corrected chi connectivity index (χ0v) is 10.7. The summed E-state index contributed by atoms with van der Waals surface area (Å²) in [4.78, 5) is 14.0. The van der Waals surface area contributed by atoms with E-state index < -0.39 is 0 Å². The van der Waals surface area contributed by atoms with Crippen molar-refractivity contribution in [2.24, 2.45) is 0 Å². The maximum absolute atomic E-state index is 11.3. The van der Waals surface area contributed by atoms with Gasteiger partial charge in [0.2, 0.25) is 0 Å². The van der Waals surface area contributed by atoms with Crippen molar-refractivity contribution < 1.29 is 9.84 Å². The van der Waals surface area contributed by atoms with Gasteiger partial charge >= 0.3 is 0 Å². The Morgan fingerprint density at radius 1 is 1.05 bits per heavy atom. The fourth-order valence-corrected chi connectivity index (χ4v) is 2.05. The van der Waals surface area contributed by atoms with E-state index in [-0.39, 0.29) is 11.3 Å². The number of aromatic amines is 1.